The molecule has 0 aliphatic carbocycles. The number of carbonyl (C=O) groups excluding carboxylic acids is 1. The Bertz CT molecular complexity index is 1170. The predicted molar refractivity (Wildman–Crippen MR) is 107 cm³/mol. The van der Waals surface area contributed by atoms with Gasteiger partial charge in [-0.1, -0.05) is 42.5 Å². The Balaban J connectivity index is 1.63. The molecule has 0 unspecified atom stereocenters. The minimum atomic E-state index is -0.696. The molecule has 0 saturated carbocycles. The summed E-state index contributed by atoms with van der Waals surface area (Å²) in [4.78, 5) is 26.7. The van der Waals surface area contributed by atoms with E-state index in [1.807, 2.05) is 42.5 Å². The maximum atomic E-state index is 12.2. The molecule has 3 aromatic carbocycles. The number of rotatable bonds is 4. The summed E-state index contributed by atoms with van der Waals surface area (Å²) in [6.45, 7) is 0. The van der Waals surface area contributed by atoms with Gasteiger partial charge in [-0.3, -0.25) is 10.1 Å². The van der Waals surface area contributed by atoms with Gasteiger partial charge in [0.05, 0.1) is 4.92 Å². The van der Waals surface area contributed by atoms with E-state index in [0.29, 0.717) is 5.56 Å². The fourth-order valence-corrected chi connectivity index (χ4v) is 2.89. The number of hydrogen-bond donors (Lipinski definition) is 1. The first-order valence-electron chi connectivity index (χ1n) is 8.67. The minimum Gasteiger partial charge on any atom is -0.507 e. The van der Waals surface area contributed by atoms with Crippen LogP contribution in [-0.4, -0.2) is 21.9 Å². The largest absolute Gasteiger partial charge is 0.507 e. The standard InChI is InChI=1S/C22H14N2O5/c25-20-11-10-18(24(27)28)12-17(20)13-19-22(26)29-21(23-19)16-8-6-15(7-9-16)14-4-2-1-3-5-14/h1-13,25H/b19-13+. The molecule has 1 aliphatic rings. The molecule has 0 aromatic heterocycles. The highest BCUT2D eigenvalue weighted by Gasteiger charge is 2.25. The predicted octanol–water partition coefficient (Wildman–Crippen LogP) is 4.31. The van der Waals surface area contributed by atoms with Gasteiger partial charge in [0.1, 0.15) is 5.75 Å². The van der Waals surface area contributed by atoms with Crippen LogP contribution < -0.4 is 0 Å². The molecule has 1 heterocycles. The van der Waals surface area contributed by atoms with Crippen LogP contribution in [0.4, 0.5) is 5.69 Å². The van der Waals surface area contributed by atoms with E-state index in [4.69, 9.17) is 4.74 Å². The minimum absolute atomic E-state index is 0.0528. The van der Waals surface area contributed by atoms with Crippen molar-refractivity contribution in [1.82, 2.24) is 0 Å². The smallest absolute Gasteiger partial charge is 0.363 e. The van der Waals surface area contributed by atoms with Crippen LogP contribution in [0.2, 0.25) is 0 Å². The second-order valence-corrected chi connectivity index (χ2v) is 6.28. The zero-order valence-corrected chi connectivity index (χ0v) is 15.0. The Hall–Kier alpha value is -4.26. The van der Waals surface area contributed by atoms with Crippen molar-refractivity contribution < 1.29 is 19.6 Å². The van der Waals surface area contributed by atoms with Gasteiger partial charge in [-0.15, -0.1) is 0 Å². The van der Waals surface area contributed by atoms with Crippen LogP contribution in [0.1, 0.15) is 11.1 Å². The normalized spacial score (nSPS) is 14.6. The highest BCUT2D eigenvalue weighted by Crippen LogP contribution is 2.28. The van der Waals surface area contributed by atoms with Gasteiger partial charge >= 0.3 is 5.97 Å². The molecule has 1 aliphatic heterocycles. The number of esters is 1. The lowest BCUT2D eigenvalue weighted by Crippen LogP contribution is -2.05. The third-order valence-corrected chi connectivity index (χ3v) is 4.37. The molecule has 0 fully saturated rings. The van der Waals surface area contributed by atoms with E-state index in [2.05, 4.69) is 4.99 Å². The van der Waals surface area contributed by atoms with Crippen LogP contribution in [-0.2, 0) is 9.53 Å². The number of nitrogens with zero attached hydrogens (tertiary/aromatic N) is 2. The molecule has 0 radical (unpaired) electrons. The Labute approximate surface area is 165 Å². The number of phenolic OH excluding ortho intramolecular Hbond substituents is 1. The number of nitro groups is 1. The number of phenols is 1. The summed E-state index contributed by atoms with van der Waals surface area (Å²) in [6.07, 6.45) is 1.26. The van der Waals surface area contributed by atoms with Gasteiger partial charge < -0.3 is 9.84 Å². The van der Waals surface area contributed by atoms with E-state index < -0.39 is 10.9 Å². The van der Waals surface area contributed by atoms with Crippen molar-refractivity contribution in [2.45, 2.75) is 0 Å². The average molecular weight is 386 g/mol. The average Bonchev–Trinajstić information content (AvgIpc) is 3.10. The fourth-order valence-electron chi connectivity index (χ4n) is 2.89. The number of hydrogen-bond acceptors (Lipinski definition) is 6. The van der Waals surface area contributed by atoms with E-state index in [-0.39, 0.29) is 28.6 Å². The topological polar surface area (TPSA) is 102 Å². The van der Waals surface area contributed by atoms with Crippen LogP contribution in [0.5, 0.6) is 5.75 Å². The lowest BCUT2D eigenvalue weighted by molar-refractivity contribution is -0.384. The summed E-state index contributed by atoms with van der Waals surface area (Å²) in [7, 11) is 0. The first-order valence-corrected chi connectivity index (χ1v) is 8.67. The zero-order valence-electron chi connectivity index (χ0n) is 15.0. The van der Waals surface area contributed by atoms with Crippen molar-refractivity contribution in [1.29, 1.82) is 0 Å². The highest BCUT2D eigenvalue weighted by atomic mass is 16.6. The molecule has 0 bridgehead atoms. The van der Waals surface area contributed by atoms with Crippen molar-refractivity contribution in [3.05, 3.63) is 99.7 Å². The van der Waals surface area contributed by atoms with Gasteiger partial charge in [0, 0.05) is 23.3 Å². The molecule has 29 heavy (non-hydrogen) atoms. The lowest BCUT2D eigenvalue weighted by Gasteiger charge is -2.03. The Morgan fingerprint density at radius 3 is 2.28 bits per heavy atom. The summed E-state index contributed by atoms with van der Waals surface area (Å²) in [5.74, 6) is -0.768. The highest BCUT2D eigenvalue weighted by molar-refractivity contribution is 6.13. The Morgan fingerprint density at radius 1 is 0.931 bits per heavy atom. The molecule has 0 saturated heterocycles. The lowest BCUT2D eigenvalue weighted by atomic mass is 10.0. The van der Waals surface area contributed by atoms with Gasteiger partial charge in [0.2, 0.25) is 5.90 Å². The number of cyclic esters (lactones) is 1. The molecule has 1 N–H and O–H groups in total. The van der Waals surface area contributed by atoms with Crippen molar-refractivity contribution in [2.75, 3.05) is 0 Å². The maximum Gasteiger partial charge on any atom is 0.363 e. The zero-order chi connectivity index (χ0) is 20.4. The summed E-state index contributed by atoms with van der Waals surface area (Å²) < 4.78 is 5.22. The number of carbonyl (C=O) groups is 1. The van der Waals surface area contributed by atoms with E-state index in [0.717, 1.165) is 17.2 Å². The number of non-ortho nitro benzene ring substituents is 1. The van der Waals surface area contributed by atoms with Crippen LogP contribution >= 0.6 is 0 Å². The molecule has 0 atom stereocenters. The second kappa shape index (κ2) is 7.40. The van der Waals surface area contributed by atoms with Gasteiger partial charge in [-0.05, 0) is 35.4 Å². The van der Waals surface area contributed by atoms with Crippen LogP contribution in [0.3, 0.4) is 0 Å². The molecule has 4 rings (SSSR count). The molecule has 7 heteroatoms. The van der Waals surface area contributed by atoms with Crippen LogP contribution in [0.25, 0.3) is 17.2 Å². The van der Waals surface area contributed by atoms with Gasteiger partial charge in [-0.25, -0.2) is 9.79 Å². The van der Waals surface area contributed by atoms with Crippen molar-refractivity contribution in [2.24, 2.45) is 4.99 Å². The number of ether oxygens (including phenoxy) is 1. The van der Waals surface area contributed by atoms with Crippen LogP contribution in [0.15, 0.2) is 83.5 Å². The fraction of sp³-hybridized carbons (Fsp3) is 0. The summed E-state index contributed by atoms with van der Waals surface area (Å²) in [5, 5.41) is 20.8. The second-order valence-electron chi connectivity index (χ2n) is 6.28. The van der Waals surface area contributed by atoms with Gasteiger partial charge in [0.15, 0.2) is 5.70 Å². The number of aromatic hydroxyl groups is 1. The van der Waals surface area contributed by atoms with Crippen molar-refractivity contribution >= 4 is 23.6 Å². The van der Waals surface area contributed by atoms with E-state index in [1.54, 1.807) is 12.1 Å². The van der Waals surface area contributed by atoms with Crippen LogP contribution in [0, 0.1) is 10.1 Å². The van der Waals surface area contributed by atoms with E-state index >= 15 is 0 Å². The number of nitro benzene ring substituents is 1. The molecular weight excluding hydrogens is 372 g/mol. The van der Waals surface area contributed by atoms with Crippen molar-refractivity contribution in [3.8, 4) is 16.9 Å². The molecule has 3 aromatic rings. The maximum absolute atomic E-state index is 12.2. The summed E-state index contributed by atoms with van der Waals surface area (Å²) >= 11 is 0. The SMILES string of the molecule is O=C1OC(c2ccc(-c3ccccc3)cc2)=N/C1=C/c1cc([N+](=O)[O-])ccc1O. The number of benzene rings is 3. The summed E-state index contributed by atoms with van der Waals surface area (Å²) in [6, 6.07) is 20.7. The van der Waals surface area contributed by atoms with Crippen molar-refractivity contribution in [3.63, 3.8) is 0 Å². The van der Waals surface area contributed by atoms with E-state index in [1.165, 1.54) is 18.2 Å². The Kier molecular flexibility index (Phi) is 4.62. The molecule has 0 spiro atoms. The van der Waals surface area contributed by atoms with E-state index in [9.17, 15) is 20.0 Å². The quantitative estimate of drug-likeness (QED) is 0.311. The molecule has 142 valence electrons. The summed E-state index contributed by atoms with van der Waals surface area (Å²) in [5.41, 5.74) is 2.53. The first kappa shape index (κ1) is 18.1. The van der Waals surface area contributed by atoms with Gasteiger partial charge in [-0.2, -0.15) is 0 Å². The Morgan fingerprint density at radius 2 is 1.59 bits per heavy atom. The number of aliphatic imine (C=N–C) groups is 1. The molecular formula is C22H14N2O5. The first-order chi connectivity index (χ1) is 14.0. The monoisotopic (exact) mass is 386 g/mol. The molecule has 0 amide bonds. The third-order valence-electron chi connectivity index (χ3n) is 4.37. The third kappa shape index (κ3) is 3.74. The molecule has 7 nitrogen and oxygen atoms in total. The van der Waals surface area contributed by atoms with Gasteiger partial charge in [0.25, 0.3) is 5.69 Å².